The van der Waals surface area contributed by atoms with E-state index in [1.807, 2.05) is 0 Å². The van der Waals surface area contributed by atoms with Crippen LogP contribution in [0, 0.1) is 0 Å². The van der Waals surface area contributed by atoms with Gasteiger partial charge in [-0.05, 0) is 13.0 Å². The summed E-state index contributed by atoms with van der Waals surface area (Å²) in [5, 5.41) is 14.2. The Balaban J connectivity index is 1.59. The molecule has 0 spiro atoms. The van der Waals surface area contributed by atoms with Crippen LogP contribution in [0.5, 0.6) is 5.88 Å². The maximum Gasteiger partial charge on any atom is 0.275 e. The minimum absolute atomic E-state index is 0.313. The number of aromatic nitrogens is 2. The lowest BCUT2D eigenvalue weighted by molar-refractivity contribution is 0.0374. The lowest BCUT2D eigenvalue weighted by Gasteiger charge is -2.26. The van der Waals surface area contributed by atoms with E-state index in [1.54, 1.807) is 5.38 Å². The second kappa shape index (κ2) is 7.07. The SMILES string of the molecule is O=C(NCCCN1CCOCC1)c1c(O)nc2sccn2c1=O. The standard InChI is InChI=1S/C14H18N4O4S/c19-11(15-2-1-3-17-4-7-22-8-5-17)10-12(20)16-14-18(13(10)21)6-9-23-14/h6,9,20H,1-5,7-8H2,(H,15,19). The van der Waals surface area contributed by atoms with Gasteiger partial charge in [-0.3, -0.25) is 18.9 Å². The molecule has 0 unspecified atom stereocenters. The van der Waals surface area contributed by atoms with Crippen LogP contribution in [0.1, 0.15) is 16.8 Å². The summed E-state index contributed by atoms with van der Waals surface area (Å²) < 4.78 is 6.53. The first kappa shape index (κ1) is 15.9. The smallest absolute Gasteiger partial charge is 0.275 e. The zero-order valence-electron chi connectivity index (χ0n) is 12.5. The summed E-state index contributed by atoms with van der Waals surface area (Å²) in [6.07, 6.45) is 2.30. The normalized spacial score (nSPS) is 15.8. The molecule has 0 atom stereocenters. The number of hydrogen-bond donors (Lipinski definition) is 2. The molecule has 2 aromatic heterocycles. The van der Waals surface area contributed by atoms with Crippen LogP contribution in [0.2, 0.25) is 0 Å². The Morgan fingerprint density at radius 2 is 2.22 bits per heavy atom. The number of morpholine rings is 1. The second-order valence-corrected chi connectivity index (χ2v) is 6.11. The van der Waals surface area contributed by atoms with Crippen molar-refractivity contribution < 1.29 is 14.6 Å². The predicted molar refractivity (Wildman–Crippen MR) is 85.2 cm³/mol. The number of aromatic hydroxyl groups is 1. The van der Waals surface area contributed by atoms with Crippen LogP contribution in [0.3, 0.4) is 0 Å². The van der Waals surface area contributed by atoms with Crippen molar-refractivity contribution in [2.75, 3.05) is 39.4 Å². The Labute approximate surface area is 136 Å². The van der Waals surface area contributed by atoms with Crippen molar-refractivity contribution in [1.29, 1.82) is 0 Å². The molecule has 2 N–H and O–H groups in total. The summed E-state index contributed by atoms with van der Waals surface area (Å²) in [5.74, 6) is -1.12. The average Bonchev–Trinajstić information content (AvgIpc) is 3.01. The van der Waals surface area contributed by atoms with Gasteiger partial charge in [-0.2, -0.15) is 4.98 Å². The van der Waals surface area contributed by atoms with Gasteiger partial charge in [0.15, 0.2) is 10.5 Å². The number of fused-ring (bicyclic) bond motifs is 1. The van der Waals surface area contributed by atoms with E-state index in [1.165, 1.54) is 21.9 Å². The van der Waals surface area contributed by atoms with Crippen molar-refractivity contribution >= 4 is 22.2 Å². The quantitative estimate of drug-likeness (QED) is 0.740. The molecule has 1 fully saturated rings. The zero-order valence-corrected chi connectivity index (χ0v) is 13.3. The maximum atomic E-state index is 12.2. The molecule has 0 bridgehead atoms. The second-order valence-electron chi connectivity index (χ2n) is 5.23. The van der Waals surface area contributed by atoms with Crippen molar-refractivity contribution in [2.45, 2.75) is 6.42 Å². The fourth-order valence-corrected chi connectivity index (χ4v) is 3.19. The van der Waals surface area contributed by atoms with Gasteiger partial charge in [0.25, 0.3) is 11.5 Å². The summed E-state index contributed by atoms with van der Waals surface area (Å²) >= 11 is 1.22. The molecule has 0 aliphatic carbocycles. The predicted octanol–water partition coefficient (Wildman–Crippen LogP) is -0.0863. The van der Waals surface area contributed by atoms with Gasteiger partial charge in [0.05, 0.1) is 13.2 Å². The van der Waals surface area contributed by atoms with E-state index in [2.05, 4.69) is 15.2 Å². The minimum Gasteiger partial charge on any atom is -0.492 e. The molecular formula is C14H18N4O4S. The number of nitrogens with one attached hydrogen (secondary N) is 1. The van der Waals surface area contributed by atoms with Gasteiger partial charge in [0.1, 0.15) is 0 Å². The topological polar surface area (TPSA) is 96.2 Å². The summed E-state index contributed by atoms with van der Waals surface area (Å²) in [4.78, 5) is 30.9. The molecule has 23 heavy (non-hydrogen) atoms. The van der Waals surface area contributed by atoms with Crippen LogP contribution in [0.25, 0.3) is 4.96 Å². The molecule has 0 radical (unpaired) electrons. The third kappa shape index (κ3) is 3.52. The van der Waals surface area contributed by atoms with Gasteiger partial charge in [-0.15, -0.1) is 11.3 Å². The molecule has 8 nitrogen and oxygen atoms in total. The van der Waals surface area contributed by atoms with Crippen LogP contribution >= 0.6 is 11.3 Å². The maximum absolute atomic E-state index is 12.2. The molecule has 0 aromatic carbocycles. The molecule has 0 saturated carbocycles. The molecule has 3 rings (SSSR count). The largest absolute Gasteiger partial charge is 0.492 e. The highest BCUT2D eigenvalue weighted by molar-refractivity contribution is 7.15. The monoisotopic (exact) mass is 338 g/mol. The molecule has 2 aromatic rings. The summed E-state index contributed by atoms with van der Waals surface area (Å²) in [6, 6.07) is 0. The van der Waals surface area contributed by atoms with Crippen LogP contribution in [-0.2, 0) is 4.74 Å². The Morgan fingerprint density at radius 3 is 3.00 bits per heavy atom. The molecule has 1 aliphatic heterocycles. The minimum atomic E-state index is -0.595. The van der Waals surface area contributed by atoms with E-state index in [-0.39, 0.29) is 5.56 Å². The summed E-state index contributed by atoms with van der Waals surface area (Å²) in [5.41, 5.74) is -0.869. The Kier molecular flexibility index (Phi) is 4.89. The van der Waals surface area contributed by atoms with E-state index in [9.17, 15) is 14.7 Å². The van der Waals surface area contributed by atoms with Crippen LogP contribution in [0.15, 0.2) is 16.4 Å². The number of hydrogen-bond acceptors (Lipinski definition) is 7. The number of thiazole rings is 1. The van der Waals surface area contributed by atoms with Crippen molar-refractivity contribution in [1.82, 2.24) is 19.6 Å². The molecule has 1 saturated heterocycles. The lowest BCUT2D eigenvalue weighted by Crippen LogP contribution is -2.38. The molecule has 124 valence electrons. The van der Waals surface area contributed by atoms with Crippen molar-refractivity contribution in [3.8, 4) is 5.88 Å². The Morgan fingerprint density at radius 1 is 1.43 bits per heavy atom. The van der Waals surface area contributed by atoms with Gasteiger partial charge >= 0.3 is 0 Å². The van der Waals surface area contributed by atoms with E-state index in [0.29, 0.717) is 11.5 Å². The lowest BCUT2D eigenvalue weighted by atomic mass is 10.3. The number of ether oxygens (including phenoxy) is 1. The third-order valence-electron chi connectivity index (χ3n) is 3.71. The number of amides is 1. The molecule has 3 heterocycles. The molecule has 1 aliphatic rings. The molecule has 1 amide bonds. The van der Waals surface area contributed by atoms with Gasteiger partial charge in [-0.1, -0.05) is 0 Å². The number of rotatable bonds is 5. The Hall–Kier alpha value is -1.97. The average molecular weight is 338 g/mol. The highest BCUT2D eigenvalue weighted by atomic mass is 32.1. The number of carbonyl (C=O) groups excluding carboxylic acids is 1. The first-order chi connectivity index (χ1) is 11.2. The third-order valence-corrected chi connectivity index (χ3v) is 4.47. The fraction of sp³-hybridized carbons (Fsp3) is 0.500. The van der Waals surface area contributed by atoms with Crippen molar-refractivity contribution in [3.05, 3.63) is 27.5 Å². The van der Waals surface area contributed by atoms with E-state index >= 15 is 0 Å². The molecular weight excluding hydrogens is 320 g/mol. The van der Waals surface area contributed by atoms with Gasteiger partial charge in [0, 0.05) is 31.2 Å². The van der Waals surface area contributed by atoms with E-state index < -0.39 is 17.3 Å². The van der Waals surface area contributed by atoms with Gasteiger partial charge in [-0.25, -0.2) is 0 Å². The number of nitrogens with zero attached hydrogens (tertiary/aromatic N) is 3. The molecule has 9 heteroatoms. The summed E-state index contributed by atoms with van der Waals surface area (Å²) in [6.45, 7) is 4.56. The van der Waals surface area contributed by atoms with E-state index in [4.69, 9.17) is 4.74 Å². The number of carbonyl (C=O) groups is 1. The van der Waals surface area contributed by atoms with Crippen LogP contribution < -0.4 is 10.9 Å². The van der Waals surface area contributed by atoms with Crippen molar-refractivity contribution in [3.63, 3.8) is 0 Å². The van der Waals surface area contributed by atoms with Gasteiger partial charge < -0.3 is 15.2 Å². The van der Waals surface area contributed by atoms with E-state index in [0.717, 1.165) is 39.3 Å². The summed E-state index contributed by atoms with van der Waals surface area (Å²) in [7, 11) is 0. The Bertz CT molecular complexity index is 751. The fourth-order valence-electron chi connectivity index (χ4n) is 2.49. The highest BCUT2D eigenvalue weighted by Gasteiger charge is 2.20. The first-order valence-corrected chi connectivity index (χ1v) is 8.32. The van der Waals surface area contributed by atoms with Gasteiger partial charge in [0.2, 0.25) is 5.88 Å². The van der Waals surface area contributed by atoms with Crippen molar-refractivity contribution in [2.24, 2.45) is 0 Å². The first-order valence-electron chi connectivity index (χ1n) is 7.44. The van der Waals surface area contributed by atoms with Crippen LogP contribution in [0.4, 0.5) is 0 Å². The van der Waals surface area contributed by atoms with Crippen LogP contribution in [-0.4, -0.2) is 64.7 Å². The zero-order chi connectivity index (χ0) is 16.2. The highest BCUT2D eigenvalue weighted by Crippen LogP contribution is 2.14.